The molecule has 0 aliphatic carbocycles. The lowest BCUT2D eigenvalue weighted by atomic mass is 9.80. The van der Waals surface area contributed by atoms with Crippen LogP contribution in [0.4, 0.5) is 0 Å². The van der Waals surface area contributed by atoms with E-state index in [0.717, 1.165) is 0 Å². The molecule has 0 atom stereocenters. The summed E-state index contributed by atoms with van der Waals surface area (Å²) in [5.41, 5.74) is 0.141. The quantitative estimate of drug-likeness (QED) is 0.470. The van der Waals surface area contributed by atoms with E-state index >= 15 is 0 Å². The molecule has 1 aromatic rings. The van der Waals surface area contributed by atoms with E-state index in [1.54, 1.807) is 0 Å². The summed E-state index contributed by atoms with van der Waals surface area (Å²) in [6, 6.07) is 1.25. The summed E-state index contributed by atoms with van der Waals surface area (Å²) in [6.45, 7) is 0. The highest BCUT2D eigenvalue weighted by Gasteiger charge is 2.20. The molecule has 0 aliphatic heterocycles. The van der Waals surface area contributed by atoms with Gasteiger partial charge in [0.2, 0.25) is 5.88 Å². The number of pyridine rings is 1. The monoisotopic (exact) mass is 211 g/mol. The van der Waals surface area contributed by atoms with Crippen LogP contribution in [0, 0.1) is 0 Å². The molecule has 15 heavy (non-hydrogen) atoms. The maximum Gasteiger partial charge on any atom is 0.494 e. The number of aromatic nitrogens is 1. The average molecular weight is 211 g/mol. The number of hydrogen-bond acceptors (Lipinski definition) is 6. The largest absolute Gasteiger partial charge is 0.494 e. The molecule has 0 amide bonds. The predicted molar refractivity (Wildman–Crippen MR) is 52.0 cm³/mol. The first-order valence-corrected chi connectivity index (χ1v) is 4.08. The van der Waals surface area contributed by atoms with Gasteiger partial charge in [-0.1, -0.05) is 0 Å². The Hall–Kier alpha value is -1.60. The van der Waals surface area contributed by atoms with Crippen molar-refractivity contribution in [2.45, 2.75) is 0 Å². The second kappa shape index (κ2) is 4.76. The number of carbonyl (C=O) groups excluding carboxylic acids is 1. The van der Waals surface area contributed by atoms with E-state index < -0.39 is 13.1 Å². The minimum atomic E-state index is -1.75. The van der Waals surface area contributed by atoms with Gasteiger partial charge in [-0.15, -0.1) is 0 Å². The second-order valence-corrected chi connectivity index (χ2v) is 2.69. The highest BCUT2D eigenvalue weighted by Crippen LogP contribution is 2.06. The van der Waals surface area contributed by atoms with E-state index in [2.05, 4.69) is 9.72 Å². The summed E-state index contributed by atoms with van der Waals surface area (Å²) < 4.78 is 9.25. The smallest absolute Gasteiger partial charge is 0.481 e. The molecule has 0 fully saturated rings. The molecule has 0 spiro atoms. The predicted octanol–water partition coefficient (Wildman–Crippen LogP) is -1.44. The van der Waals surface area contributed by atoms with Gasteiger partial charge in [0.05, 0.1) is 19.8 Å². The Balaban J connectivity index is 3.16. The molecule has 0 aliphatic rings. The molecule has 0 saturated carbocycles. The molecule has 6 nitrogen and oxygen atoms in total. The zero-order chi connectivity index (χ0) is 11.4. The van der Waals surface area contributed by atoms with E-state index in [1.165, 1.54) is 26.5 Å². The van der Waals surface area contributed by atoms with Gasteiger partial charge in [0.1, 0.15) is 0 Å². The second-order valence-electron chi connectivity index (χ2n) is 2.69. The van der Waals surface area contributed by atoms with Crippen LogP contribution in [0.25, 0.3) is 0 Å². The van der Waals surface area contributed by atoms with Crippen LogP contribution < -0.4 is 10.2 Å². The number of esters is 1. The highest BCUT2D eigenvalue weighted by molar-refractivity contribution is 6.59. The first kappa shape index (κ1) is 11.5. The lowest BCUT2D eigenvalue weighted by Crippen LogP contribution is -2.32. The highest BCUT2D eigenvalue weighted by atomic mass is 16.5. The lowest BCUT2D eigenvalue weighted by Gasteiger charge is -2.07. The Bertz CT molecular complexity index is 368. The van der Waals surface area contributed by atoms with Crippen LogP contribution in [0.5, 0.6) is 5.88 Å². The summed E-state index contributed by atoms with van der Waals surface area (Å²) in [4.78, 5) is 14.9. The molecule has 1 rings (SSSR count). The van der Waals surface area contributed by atoms with Gasteiger partial charge in [0, 0.05) is 11.7 Å². The van der Waals surface area contributed by atoms with Crippen molar-refractivity contribution in [1.29, 1.82) is 0 Å². The van der Waals surface area contributed by atoms with Crippen molar-refractivity contribution in [1.82, 2.24) is 4.98 Å². The fourth-order valence-corrected chi connectivity index (χ4v) is 1.05. The summed E-state index contributed by atoms with van der Waals surface area (Å²) >= 11 is 0. The normalized spacial score (nSPS) is 9.60. The van der Waals surface area contributed by atoms with Crippen LogP contribution in [0.3, 0.4) is 0 Å². The van der Waals surface area contributed by atoms with Crippen molar-refractivity contribution >= 4 is 18.6 Å². The zero-order valence-electron chi connectivity index (χ0n) is 8.30. The van der Waals surface area contributed by atoms with Gasteiger partial charge < -0.3 is 19.5 Å². The van der Waals surface area contributed by atoms with Gasteiger partial charge in [0.15, 0.2) is 0 Å². The molecule has 0 bridgehead atoms. The molecule has 7 heteroatoms. The van der Waals surface area contributed by atoms with E-state index in [4.69, 9.17) is 14.8 Å². The molecule has 2 N–H and O–H groups in total. The Labute approximate surface area is 86.6 Å². The molecule has 1 heterocycles. The van der Waals surface area contributed by atoms with Crippen molar-refractivity contribution in [3.63, 3.8) is 0 Å². The zero-order valence-corrected chi connectivity index (χ0v) is 8.30. The van der Waals surface area contributed by atoms with Gasteiger partial charge >= 0.3 is 13.1 Å². The molecule has 0 aromatic carbocycles. The van der Waals surface area contributed by atoms with Crippen LogP contribution in [-0.2, 0) is 4.74 Å². The van der Waals surface area contributed by atoms with Crippen LogP contribution in [0.15, 0.2) is 12.3 Å². The molecule has 0 saturated heterocycles. The molecule has 1 aromatic heterocycles. The Kier molecular flexibility index (Phi) is 3.65. The van der Waals surface area contributed by atoms with Gasteiger partial charge in [-0.25, -0.2) is 9.78 Å². The van der Waals surface area contributed by atoms with Crippen molar-refractivity contribution in [2.75, 3.05) is 14.2 Å². The third-order valence-electron chi connectivity index (χ3n) is 1.77. The molecule has 80 valence electrons. The average Bonchev–Trinajstić information content (AvgIpc) is 2.27. The van der Waals surface area contributed by atoms with Crippen molar-refractivity contribution in [3.05, 3.63) is 17.8 Å². The van der Waals surface area contributed by atoms with E-state index in [0.29, 0.717) is 0 Å². The molecular formula is C8H10BNO5. The first-order chi connectivity index (χ1) is 7.10. The van der Waals surface area contributed by atoms with Crippen LogP contribution in [-0.4, -0.2) is 42.3 Å². The number of methoxy groups -OCH3 is 2. The Morgan fingerprint density at radius 2 is 2.13 bits per heavy atom. The Morgan fingerprint density at radius 3 is 2.60 bits per heavy atom. The van der Waals surface area contributed by atoms with Crippen molar-refractivity contribution < 1.29 is 24.3 Å². The summed E-state index contributed by atoms with van der Waals surface area (Å²) in [6.07, 6.45) is 1.23. The standard InChI is InChI=1S/C8H10BNO5/c1-14-7-6(9(12)13)3-5(4-10-7)8(11)15-2/h3-4,12-13H,1-2H3. The summed E-state index contributed by atoms with van der Waals surface area (Å²) in [5.74, 6) is -0.551. The van der Waals surface area contributed by atoms with Crippen molar-refractivity contribution in [2.24, 2.45) is 0 Å². The lowest BCUT2D eigenvalue weighted by molar-refractivity contribution is 0.0600. The number of hydrogen-bond donors (Lipinski definition) is 2. The molecular weight excluding hydrogens is 201 g/mol. The fraction of sp³-hybridized carbons (Fsp3) is 0.250. The molecule has 0 radical (unpaired) electrons. The van der Waals surface area contributed by atoms with E-state index in [-0.39, 0.29) is 16.9 Å². The Morgan fingerprint density at radius 1 is 1.47 bits per heavy atom. The van der Waals surface area contributed by atoms with Gasteiger partial charge in [-0.3, -0.25) is 0 Å². The minimum Gasteiger partial charge on any atom is -0.481 e. The van der Waals surface area contributed by atoms with Crippen LogP contribution in [0.2, 0.25) is 0 Å². The topological polar surface area (TPSA) is 88.9 Å². The van der Waals surface area contributed by atoms with Crippen molar-refractivity contribution in [3.8, 4) is 5.88 Å². The number of nitrogens with zero attached hydrogens (tertiary/aromatic N) is 1. The fourth-order valence-electron chi connectivity index (χ4n) is 1.05. The SMILES string of the molecule is COC(=O)c1cnc(OC)c(B(O)O)c1. The maximum absolute atomic E-state index is 11.1. The van der Waals surface area contributed by atoms with Gasteiger partial charge in [-0.05, 0) is 6.07 Å². The van der Waals surface area contributed by atoms with Gasteiger partial charge in [-0.2, -0.15) is 0 Å². The third kappa shape index (κ3) is 2.45. The van der Waals surface area contributed by atoms with E-state index in [1.807, 2.05) is 0 Å². The van der Waals surface area contributed by atoms with Gasteiger partial charge in [0.25, 0.3) is 0 Å². The third-order valence-corrected chi connectivity index (χ3v) is 1.77. The number of rotatable bonds is 3. The molecule has 0 unspecified atom stereocenters. The van der Waals surface area contributed by atoms with Crippen LogP contribution >= 0.6 is 0 Å². The number of ether oxygens (including phenoxy) is 2. The first-order valence-electron chi connectivity index (χ1n) is 4.08. The maximum atomic E-state index is 11.1. The summed E-state index contributed by atoms with van der Waals surface area (Å²) in [5, 5.41) is 18.0. The minimum absolute atomic E-state index is 0.0143. The van der Waals surface area contributed by atoms with E-state index in [9.17, 15) is 4.79 Å². The number of carbonyl (C=O) groups is 1. The summed E-state index contributed by atoms with van der Waals surface area (Å²) in [7, 11) is 0.810. The van der Waals surface area contributed by atoms with Crippen LogP contribution in [0.1, 0.15) is 10.4 Å².